The number of amides is 2. The summed E-state index contributed by atoms with van der Waals surface area (Å²) in [7, 11) is 0. The van der Waals surface area contributed by atoms with Crippen molar-refractivity contribution >= 4 is 28.8 Å². The Bertz CT molecular complexity index is 1250. The van der Waals surface area contributed by atoms with Crippen molar-refractivity contribution in [2.45, 2.75) is 20.2 Å². The molecule has 4 rings (SSSR count). The summed E-state index contributed by atoms with van der Waals surface area (Å²) >= 11 is 0. The number of carbonyl (C=O) groups excluding carboxylic acids is 2. The lowest BCUT2D eigenvalue weighted by molar-refractivity contribution is -0.274. The third kappa shape index (κ3) is 4.74. The highest BCUT2D eigenvalue weighted by Crippen LogP contribution is 2.34. The Morgan fingerprint density at radius 3 is 2.09 bits per heavy atom. The molecule has 0 spiro atoms. The molecule has 0 aromatic heterocycles. The highest BCUT2D eigenvalue weighted by molar-refractivity contribution is 6.46. The second kappa shape index (κ2) is 8.46. The molecule has 8 heteroatoms. The number of halogens is 3. The van der Waals surface area contributed by atoms with Crippen LogP contribution in [0.25, 0.3) is 5.57 Å². The maximum atomic E-state index is 13.4. The molecule has 0 saturated carbocycles. The molecule has 1 heterocycles. The van der Waals surface area contributed by atoms with Crippen LogP contribution in [0.5, 0.6) is 5.75 Å². The molecule has 3 aromatic carbocycles. The Morgan fingerprint density at radius 2 is 1.48 bits per heavy atom. The molecule has 1 N–H and O–H groups in total. The van der Waals surface area contributed by atoms with Gasteiger partial charge >= 0.3 is 6.36 Å². The van der Waals surface area contributed by atoms with E-state index in [1.165, 1.54) is 12.1 Å². The number of benzene rings is 3. The molecule has 168 valence electrons. The van der Waals surface area contributed by atoms with E-state index in [9.17, 15) is 22.8 Å². The molecule has 5 nitrogen and oxygen atoms in total. The van der Waals surface area contributed by atoms with Gasteiger partial charge in [0.1, 0.15) is 11.4 Å². The van der Waals surface area contributed by atoms with E-state index in [4.69, 9.17) is 0 Å². The van der Waals surface area contributed by atoms with Gasteiger partial charge in [0.25, 0.3) is 11.8 Å². The van der Waals surface area contributed by atoms with E-state index in [1.54, 1.807) is 30.3 Å². The highest BCUT2D eigenvalue weighted by atomic mass is 19.4. The minimum Gasteiger partial charge on any atom is -0.406 e. The lowest BCUT2D eigenvalue weighted by Crippen LogP contribution is -2.32. The molecule has 0 atom stereocenters. The SMILES string of the molecule is Cc1ccc(C2=C(Nc3ccc(OC(F)(F)F)cc3)C(=O)N(c3cccc(C)c3)C2=O)cc1. The van der Waals surface area contributed by atoms with Gasteiger partial charge in [0.15, 0.2) is 0 Å². The lowest BCUT2D eigenvalue weighted by atomic mass is 10.0. The van der Waals surface area contributed by atoms with Crippen LogP contribution in [0.2, 0.25) is 0 Å². The summed E-state index contributed by atoms with van der Waals surface area (Å²) in [5.74, 6) is -1.44. The number of aryl methyl sites for hydroxylation is 2. The van der Waals surface area contributed by atoms with Gasteiger partial charge in [-0.25, -0.2) is 4.90 Å². The summed E-state index contributed by atoms with van der Waals surface area (Å²) < 4.78 is 41.2. The minimum atomic E-state index is -4.81. The lowest BCUT2D eigenvalue weighted by Gasteiger charge is -2.16. The van der Waals surface area contributed by atoms with Crippen molar-refractivity contribution in [3.05, 3.63) is 95.2 Å². The second-order valence-corrected chi connectivity index (χ2v) is 7.60. The third-order valence-electron chi connectivity index (χ3n) is 5.04. The molecule has 2 amide bonds. The normalized spacial score (nSPS) is 14.2. The number of hydrogen-bond donors (Lipinski definition) is 1. The van der Waals surface area contributed by atoms with Crippen LogP contribution in [0.4, 0.5) is 24.5 Å². The van der Waals surface area contributed by atoms with Crippen molar-refractivity contribution in [3.63, 3.8) is 0 Å². The number of alkyl halides is 3. The van der Waals surface area contributed by atoms with Crippen LogP contribution >= 0.6 is 0 Å². The van der Waals surface area contributed by atoms with Gasteiger partial charge in [-0.15, -0.1) is 13.2 Å². The van der Waals surface area contributed by atoms with Gasteiger partial charge in [-0.3, -0.25) is 9.59 Å². The summed E-state index contributed by atoms with van der Waals surface area (Å²) in [6, 6.07) is 19.1. The molecule has 0 unspecified atom stereocenters. The molecule has 0 saturated heterocycles. The fraction of sp³-hybridized carbons (Fsp3) is 0.120. The van der Waals surface area contributed by atoms with E-state index in [-0.39, 0.29) is 11.3 Å². The standard InChI is InChI=1S/C25H19F3N2O3/c1-15-6-8-17(9-7-15)21-22(29-18-10-12-20(13-11-18)33-25(26,27)28)24(32)30(23(21)31)19-5-3-4-16(2)14-19/h3-14,29H,1-2H3. The summed E-state index contributed by atoms with van der Waals surface area (Å²) in [5.41, 5.74) is 3.39. The van der Waals surface area contributed by atoms with E-state index in [0.29, 0.717) is 16.9 Å². The van der Waals surface area contributed by atoms with Crippen LogP contribution in [0, 0.1) is 13.8 Å². The van der Waals surface area contributed by atoms with Crippen LogP contribution in [-0.4, -0.2) is 18.2 Å². The van der Waals surface area contributed by atoms with Crippen LogP contribution in [0.15, 0.2) is 78.5 Å². The molecule has 0 fully saturated rings. The van der Waals surface area contributed by atoms with Gasteiger partial charge in [-0.05, 0) is 61.4 Å². The average molecular weight is 452 g/mol. The van der Waals surface area contributed by atoms with Crippen molar-refractivity contribution < 1.29 is 27.5 Å². The van der Waals surface area contributed by atoms with Crippen molar-refractivity contribution in [1.82, 2.24) is 0 Å². The first kappa shape index (κ1) is 22.1. The number of nitrogens with one attached hydrogen (secondary N) is 1. The van der Waals surface area contributed by atoms with Crippen molar-refractivity contribution in [3.8, 4) is 5.75 Å². The zero-order chi connectivity index (χ0) is 23.8. The summed E-state index contributed by atoms with van der Waals surface area (Å²) in [4.78, 5) is 27.8. The van der Waals surface area contributed by atoms with Crippen LogP contribution < -0.4 is 15.0 Å². The minimum absolute atomic E-state index is 0.0369. The van der Waals surface area contributed by atoms with Crippen LogP contribution in [0.3, 0.4) is 0 Å². The van der Waals surface area contributed by atoms with Crippen molar-refractivity contribution in [2.75, 3.05) is 10.2 Å². The van der Waals surface area contributed by atoms with E-state index in [1.807, 2.05) is 32.0 Å². The van der Waals surface area contributed by atoms with Gasteiger partial charge < -0.3 is 10.1 Å². The Morgan fingerprint density at radius 1 is 0.818 bits per heavy atom. The molecular weight excluding hydrogens is 433 g/mol. The van der Waals surface area contributed by atoms with E-state index >= 15 is 0 Å². The fourth-order valence-corrected chi connectivity index (χ4v) is 3.52. The molecule has 0 bridgehead atoms. The number of nitrogens with zero attached hydrogens (tertiary/aromatic N) is 1. The number of anilines is 2. The molecular formula is C25H19F3N2O3. The fourth-order valence-electron chi connectivity index (χ4n) is 3.52. The quantitative estimate of drug-likeness (QED) is 0.512. The maximum absolute atomic E-state index is 13.4. The van der Waals surface area contributed by atoms with Gasteiger partial charge in [0, 0.05) is 5.69 Å². The molecule has 0 aliphatic carbocycles. The van der Waals surface area contributed by atoms with Crippen LogP contribution in [0.1, 0.15) is 16.7 Å². The summed E-state index contributed by atoms with van der Waals surface area (Å²) in [6.45, 7) is 3.76. The van der Waals surface area contributed by atoms with Crippen molar-refractivity contribution in [2.24, 2.45) is 0 Å². The summed E-state index contributed by atoms with van der Waals surface area (Å²) in [6.07, 6.45) is -4.81. The third-order valence-corrected chi connectivity index (χ3v) is 5.04. The number of imide groups is 1. The average Bonchev–Trinajstić information content (AvgIpc) is 2.98. The Balaban J connectivity index is 1.73. The van der Waals surface area contributed by atoms with E-state index in [0.717, 1.165) is 28.2 Å². The first-order valence-electron chi connectivity index (χ1n) is 10.0. The largest absolute Gasteiger partial charge is 0.573 e. The number of rotatable bonds is 5. The Hall–Kier alpha value is -4.07. The van der Waals surface area contributed by atoms with Gasteiger partial charge in [-0.2, -0.15) is 0 Å². The highest BCUT2D eigenvalue weighted by Gasteiger charge is 2.40. The zero-order valence-corrected chi connectivity index (χ0v) is 17.7. The van der Waals surface area contributed by atoms with E-state index in [2.05, 4.69) is 10.1 Å². The molecule has 1 aliphatic rings. The molecule has 0 radical (unpaired) electrons. The molecule has 3 aromatic rings. The number of ether oxygens (including phenoxy) is 1. The topological polar surface area (TPSA) is 58.6 Å². The molecule has 1 aliphatic heterocycles. The van der Waals surface area contributed by atoms with Gasteiger partial charge in [0.05, 0.1) is 11.3 Å². The predicted molar refractivity (Wildman–Crippen MR) is 119 cm³/mol. The number of carbonyl (C=O) groups is 2. The summed E-state index contributed by atoms with van der Waals surface area (Å²) in [5, 5.41) is 2.92. The molecule has 33 heavy (non-hydrogen) atoms. The number of hydrogen-bond acceptors (Lipinski definition) is 4. The second-order valence-electron chi connectivity index (χ2n) is 7.60. The van der Waals surface area contributed by atoms with Gasteiger partial charge in [-0.1, -0.05) is 42.0 Å². The Kier molecular flexibility index (Phi) is 5.68. The predicted octanol–water partition coefficient (Wildman–Crippen LogP) is 5.60. The monoisotopic (exact) mass is 452 g/mol. The van der Waals surface area contributed by atoms with Gasteiger partial charge in [0.2, 0.25) is 0 Å². The first-order chi connectivity index (χ1) is 15.6. The first-order valence-corrected chi connectivity index (χ1v) is 10.0. The van der Waals surface area contributed by atoms with E-state index < -0.39 is 23.9 Å². The van der Waals surface area contributed by atoms with Crippen LogP contribution in [-0.2, 0) is 9.59 Å². The van der Waals surface area contributed by atoms with Crippen molar-refractivity contribution in [1.29, 1.82) is 0 Å². The Labute approximate surface area is 188 Å². The zero-order valence-electron chi connectivity index (χ0n) is 17.7. The maximum Gasteiger partial charge on any atom is 0.573 e. The smallest absolute Gasteiger partial charge is 0.406 e.